The third-order valence-electron chi connectivity index (χ3n) is 3.04. The molecule has 0 N–H and O–H groups in total. The molecule has 0 radical (unpaired) electrons. The third-order valence-corrected chi connectivity index (χ3v) is 4.36. The number of alkyl halides is 1. The number of hydrogen-bond donors (Lipinski definition) is 0. The molecule has 18 heavy (non-hydrogen) atoms. The van der Waals surface area contributed by atoms with Crippen LogP contribution < -0.4 is 0 Å². The van der Waals surface area contributed by atoms with Crippen LogP contribution >= 0.6 is 22.6 Å². The second kappa shape index (κ2) is 5.38. The average molecular weight is 356 g/mol. The minimum absolute atomic E-state index is 0.00151. The standard InChI is InChI=1S/C14H17IN2O/c1-9(2)14(18)12-11-6-4-5-7-17(11)16-13(12)10(3)8-15/h4-7,9-10H,8H2,1-3H3. The maximum Gasteiger partial charge on any atom is 0.169 e. The van der Waals surface area contributed by atoms with E-state index in [1.807, 2.05) is 42.8 Å². The predicted octanol–water partition coefficient (Wildman–Crippen LogP) is 3.71. The van der Waals surface area contributed by atoms with Crippen molar-refractivity contribution >= 4 is 33.9 Å². The number of aromatic nitrogens is 2. The van der Waals surface area contributed by atoms with Crippen LogP contribution in [0.3, 0.4) is 0 Å². The Morgan fingerprint density at radius 2 is 2.11 bits per heavy atom. The van der Waals surface area contributed by atoms with Crippen LogP contribution in [0.25, 0.3) is 5.52 Å². The quantitative estimate of drug-likeness (QED) is 0.476. The second-order valence-corrected chi connectivity index (χ2v) is 5.75. The van der Waals surface area contributed by atoms with Crippen LogP contribution in [0.2, 0.25) is 0 Å². The van der Waals surface area contributed by atoms with Crippen LogP contribution in [0.15, 0.2) is 24.4 Å². The normalized spacial score (nSPS) is 13.2. The van der Waals surface area contributed by atoms with Crippen molar-refractivity contribution in [1.29, 1.82) is 0 Å². The summed E-state index contributed by atoms with van der Waals surface area (Å²) in [6.07, 6.45) is 1.90. The van der Waals surface area contributed by atoms with E-state index in [1.54, 1.807) is 0 Å². The zero-order valence-electron chi connectivity index (χ0n) is 10.9. The lowest BCUT2D eigenvalue weighted by molar-refractivity contribution is 0.0940. The van der Waals surface area contributed by atoms with Gasteiger partial charge in [-0.3, -0.25) is 4.79 Å². The Morgan fingerprint density at radius 3 is 2.72 bits per heavy atom. The molecule has 0 saturated heterocycles. The Kier molecular flexibility index (Phi) is 4.04. The van der Waals surface area contributed by atoms with Crippen LogP contribution in [0.1, 0.15) is 42.7 Å². The van der Waals surface area contributed by atoms with E-state index in [-0.39, 0.29) is 11.7 Å². The van der Waals surface area contributed by atoms with Crippen LogP contribution in [0, 0.1) is 5.92 Å². The number of rotatable bonds is 4. The van der Waals surface area contributed by atoms with Crippen LogP contribution in [0.5, 0.6) is 0 Å². The Morgan fingerprint density at radius 1 is 1.39 bits per heavy atom. The van der Waals surface area contributed by atoms with Crippen molar-refractivity contribution in [2.24, 2.45) is 5.92 Å². The van der Waals surface area contributed by atoms with Crippen LogP contribution in [-0.2, 0) is 0 Å². The van der Waals surface area contributed by atoms with Crippen molar-refractivity contribution in [3.8, 4) is 0 Å². The molecule has 0 bridgehead atoms. The summed E-state index contributed by atoms with van der Waals surface area (Å²) in [5.41, 5.74) is 2.65. The number of carbonyl (C=O) groups excluding carboxylic acids is 1. The van der Waals surface area contributed by atoms with Crippen LogP contribution in [-0.4, -0.2) is 19.8 Å². The summed E-state index contributed by atoms with van der Waals surface area (Å²) in [5.74, 6) is 0.476. The Labute approximate surface area is 121 Å². The molecule has 3 nitrogen and oxygen atoms in total. The minimum atomic E-state index is -0.00151. The topological polar surface area (TPSA) is 34.4 Å². The van der Waals surface area contributed by atoms with Crippen molar-refractivity contribution in [1.82, 2.24) is 9.61 Å². The number of nitrogens with zero attached hydrogens (tertiary/aromatic N) is 2. The van der Waals surface area contributed by atoms with E-state index in [2.05, 4.69) is 34.6 Å². The van der Waals surface area contributed by atoms with Gasteiger partial charge in [0.25, 0.3) is 0 Å². The zero-order valence-corrected chi connectivity index (χ0v) is 13.0. The molecule has 0 fully saturated rings. The molecule has 2 aromatic heterocycles. The Balaban J connectivity index is 2.69. The molecule has 0 aliphatic carbocycles. The molecule has 2 aromatic rings. The van der Waals surface area contributed by atoms with E-state index in [1.165, 1.54) is 0 Å². The lowest BCUT2D eigenvalue weighted by Gasteiger charge is -2.08. The molecule has 0 spiro atoms. The molecule has 4 heteroatoms. The van der Waals surface area contributed by atoms with E-state index < -0.39 is 0 Å². The number of pyridine rings is 1. The molecule has 0 saturated carbocycles. The fraction of sp³-hybridized carbons (Fsp3) is 0.429. The number of carbonyl (C=O) groups is 1. The fourth-order valence-electron chi connectivity index (χ4n) is 1.98. The maximum absolute atomic E-state index is 12.4. The van der Waals surface area contributed by atoms with Crippen molar-refractivity contribution in [3.63, 3.8) is 0 Å². The summed E-state index contributed by atoms with van der Waals surface area (Å²) in [6.45, 7) is 5.99. The van der Waals surface area contributed by atoms with Gasteiger partial charge in [0.1, 0.15) is 0 Å². The molecule has 0 aliphatic rings. The van der Waals surface area contributed by atoms with Crippen molar-refractivity contribution < 1.29 is 4.79 Å². The molecule has 96 valence electrons. The largest absolute Gasteiger partial charge is 0.294 e. The molecule has 2 heterocycles. The molecule has 0 aliphatic heterocycles. The highest BCUT2D eigenvalue weighted by atomic mass is 127. The van der Waals surface area contributed by atoms with E-state index >= 15 is 0 Å². The van der Waals surface area contributed by atoms with Gasteiger partial charge < -0.3 is 0 Å². The van der Waals surface area contributed by atoms with E-state index in [0.29, 0.717) is 5.92 Å². The molecular formula is C14H17IN2O. The predicted molar refractivity (Wildman–Crippen MR) is 81.7 cm³/mol. The molecule has 0 amide bonds. The highest BCUT2D eigenvalue weighted by Crippen LogP contribution is 2.26. The number of halogens is 1. The molecule has 1 atom stereocenters. The van der Waals surface area contributed by atoms with Crippen LogP contribution in [0.4, 0.5) is 0 Å². The van der Waals surface area contributed by atoms with Gasteiger partial charge in [-0.1, -0.05) is 49.4 Å². The first kappa shape index (κ1) is 13.5. The third kappa shape index (κ3) is 2.30. The van der Waals surface area contributed by atoms with Crippen molar-refractivity contribution in [3.05, 3.63) is 35.7 Å². The summed E-state index contributed by atoms with van der Waals surface area (Å²) in [4.78, 5) is 12.4. The van der Waals surface area contributed by atoms with Gasteiger partial charge in [0.15, 0.2) is 5.78 Å². The van der Waals surface area contributed by atoms with Crippen molar-refractivity contribution in [2.75, 3.05) is 4.43 Å². The molecule has 0 aromatic carbocycles. The summed E-state index contributed by atoms with van der Waals surface area (Å²) in [7, 11) is 0. The highest BCUT2D eigenvalue weighted by molar-refractivity contribution is 14.1. The Hall–Kier alpha value is -0.910. The first-order valence-electron chi connectivity index (χ1n) is 6.13. The van der Waals surface area contributed by atoms with Gasteiger partial charge in [-0.2, -0.15) is 5.10 Å². The van der Waals surface area contributed by atoms with Gasteiger partial charge in [0, 0.05) is 22.5 Å². The van der Waals surface area contributed by atoms with Gasteiger partial charge in [-0.15, -0.1) is 0 Å². The van der Waals surface area contributed by atoms with E-state index in [0.717, 1.165) is 21.2 Å². The van der Waals surface area contributed by atoms with Gasteiger partial charge in [0.05, 0.1) is 16.8 Å². The van der Waals surface area contributed by atoms with Gasteiger partial charge >= 0.3 is 0 Å². The zero-order chi connectivity index (χ0) is 13.3. The first-order chi connectivity index (χ1) is 8.56. The minimum Gasteiger partial charge on any atom is -0.294 e. The Bertz CT molecular complexity index is 574. The molecule has 1 unspecified atom stereocenters. The SMILES string of the molecule is CC(C)C(=O)c1c(C(C)CI)nn2ccccc12. The monoisotopic (exact) mass is 356 g/mol. The number of hydrogen-bond acceptors (Lipinski definition) is 2. The lowest BCUT2D eigenvalue weighted by atomic mass is 9.95. The molecular weight excluding hydrogens is 339 g/mol. The summed E-state index contributed by atoms with van der Waals surface area (Å²) >= 11 is 2.34. The fourth-order valence-corrected chi connectivity index (χ4v) is 2.39. The summed E-state index contributed by atoms with van der Waals surface area (Å²) < 4.78 is 2.77. The average Bonchev–Trinajstić information content (AvgIpc) is 2.75. The number of ketones is 1. The highest BCUT2D eigenvalue weighted by Gasteiger charge is 2.24. The van der Waals surface area contributed by atoms with Gasteiger partial charge in [-0.05, 0) is 12.1 Å². The van der Waals surface area contributed by atoms with E-state index in [9.17, 15) is 4.79 Å². The van der Waals surface area contributed by atoms with Crippen molar-refractivity contribution in [2.45, 2.75) is 26.7 Å². The number of Topliss-reactive ketones (excluding diaryl/α,β-unsaturated/α-hetero) is 1. The first-order valence-corrected chi connectivity index (χ1v) is 7.66. The lowest BCUT2D eigenvalue weighted by Crippen LogP contribution is -2.11. The van der Waals surface area contributed by atoms with Gasteiger partial charge in [0.2, 0.25) is 0 Å². The van der Waals surface area contributed by atoms with E-state index in [4.69, 9.17) is 0 Å². The maximum atomic E-state index is 12.4. The summed E-state index contributed by atoms with van der Waals surface area (Å²) in [6, 6.07) is 5.85. The number of fused-ring (bicyclic) bond motifs is 1. The molecule has 2 rings (SSSR count). The smallest absolute Gasteiger partial charge is 0.169 e. The van der Waals surface area contributed by atoms with Gasteiger partial charge in [-0.25, -0.2) is 4.52 Å². The second-order valence-electron chi connectivity index (χ2n) is 4.86. The summed E-state index contributed by atoms with van der Waals surface area (Å²) in [5, 5.41) is 4.58.